The molecule has 0 bridgehead atoms. The molecule has 1 aliphatic heterocycles. The van der Waals surface area contributed by atoms with Crippen molar-refractivity contribution in [1.29, 1.82) is 0 Å². The summed E-state index contributed by atoms with van der Waals surface area (Å²) in [5, 5.41) is 3.80. The first-order valence-corrected chi connectivity index (χ1v) is 10.3. The third kappa shape index (κ3) is 5.09. The van der Waals surface area contributed by atoms with Crippen LogP contribution >= 0.6 is 23.4 Å². The Bertz CT molecular complexity index is 1130. The van der Waals surface area contributed by atoms with Gasteiger partial charge >= 0.3 is 0 Å². The molecule has 3 aromatic carbocycles. The number of amides is 1. The molecule has 1 heterocycles. The molecule has 0 spiro atoms. The van der Waals surface area contributed by atoms with Crippen LogP contribution in [0.5, 0.6) is 5.75 Å². The van der Waals surface area contributed by atoms with E-state index in [-0.39, 0.29) is 18.3 Å². The number of para-hydroxylation sites is 1. The van der Waals surface area contributed by atoms with Crippen molar-refractivity contribution in [2.24, 2.45) is 4.99 Å². The van der Waals surface area contributed by atoms with E-state index in [0.717, 1.165) is 11.3 Å². The van der Waals surface area contributed by atoms with Crippen molar-refractivity contribution in [3.63, 3.8) is 0 Å². The van der Waals surface area contributed by atoms with Gasteiger partial charge in [0.2, 0.25) is 0 Å². The van der Waals surface area contributed by atoms with E-state index in [2.05, 4.69) is 10.3 Å². The van der Waals surface area contributed by atoms with Gasteiger partial charge in [-0.2, -0.15) is 0 Å². The number of aliphatic imine (C=N–C) groups is 1. The Balaban J connectivity index is 1.55. The summed E-state index contributed by atoms with van der Waals surface area (Å²) in [6.45, 7) is 0.262. The van der Waals surface area contributed by atoms with Gasteiger partial charge in [-0.15, -0.1) is 0 Å². The zero-order valence-electron chi connectivity index (χ0n) is 15.6. The van der Waals surface area contributed by atoms with Crippen molar-refractivity contribution >= 4 is 46.2 Å². The van der Waals surface area contributed by atoms with Gasteiger partial charge in [-0.1, -0.05) is 41.9 Å². The van der Waals surface area contributed by atoms with Crippen LogP contribution in [-0.2, 0) is 11.4 Å². The molecule has 4 rings (SSSR count). The number of carbonyl (C=O) groups is 1. The second kappa shape index (κ2) is 9.15. The van der Waals surface area contributed by atoms with E-state index >= 15 is 0 Å². The molecule has 1 saturated heterocycles. The average molecular weight is 439 g/mol. The van der Waals surface area contributed by atoms with Crippen LogP contribution in [0.3, 0.4) is 0 Å². The maximum Gasteiger partial charge on any atom is 0.264 e. The van der Waals surface area contributed by atoms with Crippen molar-refractivity contribution < 1.29 is 13.9 Å². The number of halogens is 2. The van der Waals surface area contributed by atoms with Gasteiger partial charge in [0.15, 0.2) is 5.17 Å². The zero-order valence-corrected chi connectivity index (χ0v) is 17.2. The predicted octanol–water partition coefficient (Wildman–Crippen LogP) is 5.95. The van der Waals surface area contributed by atoms with Crippen molar-refractivity contribution in [2.75, 3.05) is 0 Å². The number of nitrogens with zero attached hydrogens (tertiary/aromatic N) is 1. The van der Waals surface area contributed by atoms with Gasteiger partial charge in [0.25, 0.3) is 5.91 Å². The molecule has 7 heteroatoms. The van der Waals surface area contributed by atoms with Gasteiger partial charge in [-0.25, -0.2) is 9.38 Å². The number of carbonyl (C=O) groups excluding carboxylic acids is 1. The summed E-state index contributed by atoms with van der Waals surface area (Å²) in [5.41, 5.74) is 2.26. The largest absolute Gasteiger partial charge is 0.488 e. The minimum atomic E-state index is -0.298. The third-order valence-corrected chi connectivity index (χ3v) is 5.35. The third-order valence-electron chi connectivity index (χ3n) is 4.20. The average Bonchev–Trinajstić information content (AvgIpc) is 3.08. The Labute approximate surface area is 182 Å². The smallest absolute Gasteiger partial charge is 0.264 e. The second-order valence-corrected chi connectivity index (χ2v) is 7.88. The number of benzene rings is 3. The topological polar surface area (TPSA) is 50.7 Å². The first-order valence-electron chi connectivity index (χ1n) is 9.08. The zero-order chi connectivity index (χ0) is 20.9. The van der Waals surface area contributed by atoms with Crippen molar-refractivity contribution in [3.8, 4) is 5.75 Å². The molecular formula is C23H16ClFN2O2S. The lowest BCUT2D eigenvalue weighted by Gasteiger charge is -2.10. The fourth-order valence-electron chi connectivity index (χ4n) is 2.75. The lowest BCUT2D eigenvalue weighted by Crippen LogP contribution is -2.19. The highest BCUT2D eigenvalue weighted by Gasteiger charge is 2.24. The predicted molar refractivity (Wildman–Crippen MR) is 119 cm³/mol. The van der Waals surface area contributed by atoms with Crippen LogP contribution in [0.4, 0.5) is 10.1 Å². The number of nitrogens with one attached hydrogen (secondary N) is 1. The number of rotatable bonds is 5. The van der Waals surface area contributed by atoms with Crippen LogP contribution in [-0.4, -0.2) is 11.1 Å². The Morgan fingerprint density at radius 3 is 2.60 bits per heavy atom. The molecule has 0 unspecified atom stereocenters. The molecule has 1 aliphatic rings. The summed E-state index contributed by atoms with van der Waals surface area (Å²) in [6, 6.07) is 20.7. The van der Waals surface area contributed by atoms with Gasteiger partial charge in [0.05, 0.1) is 10.6 Å². The summed E-state index contributed by atoms with van der Waals surface area (Å²) in [6.07, 6.45) is 1.72. The lowest BCUT2D eigenvalue weighted by atomic mass is 10.1. The molecular weight excluding hydrogens is 423 g/mol. The van der Waals surface area contributed by atoms with E-state index in [1.54, 1.807) is 36.4 Å². The standard InChI is InChI=1S/C23H16ClFN2O2S/c24-17-8-11-20(29-14-15-6-9-18(25)10-7-15)16(12-17)13-21-22(28)27-23(30-21)26-19-4-2-1-3-5-19/h1-13H,14H2,(H,26,27,28). The molecule has 0 atom stereocenters. The van der Waals surface area contributed by atoms with Crippen LogP contribution in [0.25, 0.3) is 6.08 Å². The first-order chi connectivity index (χ1) is 14.6. The molecule has 1 fully saturated rings. The van der Waals surface area contributed by atoms with Crippen molar-refractivity contribution in [2.45, 2.75) is 6.61 Å². The van der Waals surface area contributed by atoms with Crippen LogP contribution < -0.4 is 10.1 Å². The molecule has 4 nitrogen and oxygen atoms in total. The lowest BCUT2D eigenvalue weighted by molar-refractivity contribution is -0.115. The van der Waals surface area contributed by atoms with Gasteiger partial charge < -0.3 is 10.1 Å². The Kier molecular flexibility index (Phi) is 6.16. The molecule has 0 aromatic heterocycles. The maximum absolute atomic E-state index is 13.1. The summed E-state index contributed by atoms with van der Waals surface area (Å²) in [7, 11) is 0. The second-order valence-electron chi connectivity index (χ2n) is 6.41. The normalized spacial score (nSPS) is 16.1. The summed E-state index contributed by atoms with van der Waals surface area (Å²) >= 11 is 7.40. The Morgan fingerprint density at radius 1 is 1.07 bits per heavy atom. The minimum Gasteiger partial charge on any atom is -0.488 e. The molecule has 0 aliphatic carbocycles. The fraction of sp³-hybridized carbons (Fsp3) is 0.0435. The van der Waals surface area contributed by atoms with Crippen LogP contribution in [0.15, 0.2) is 82.7 Å². The molecule has 3 aromatic rings. The van der Waals surface area contributed by atoms with Crippen molar-refractivity contribution in [1.82, 2.24) is 5.32 Å². The highest BCUT2D eigenvalue weighted by molar-refractivity contribution is 8.18. The quantitative estimate of drug-likeness (QED) is 0.501. The number of amidine groups is 1. The van der Waals surface area contributed by atoms with Crippen LogP contribution in [0.1, 0.15) is 11.1 Å². The number of hydrogen-bond acceptors (Lipinski definition) is 4. The first kappa shape index (κ1) is 20.2. The van der Waals surface area contributed by atoms with E-state index in [1.165, 1.54) is 23.9 Å². The van der Waals surface area contributed by atoms with Gasteiger partial charge in [-0.3, -0.25) is 4.79 Å². The summed E-state index contributed by atoms with van der Waals surface area (Å²) in [4.78, 5) is 17.3. The number of hydrogen-bond donors (Lipinski definition) is 1. The molecule has 0 saturated carbocycles. The SMILES string of the molecule is O=C1NC(=Nc2ccccc2)SC1=Cc1cc(Cl)ccc1OCc1ccc(F)cc1. The van der Waals surface area contributed by atoms with E-state index in [1.807, 2.05) is 30.3 Å². The van der Waals surface area contributed by atoms with Gasteiger partial charge in [0, 0.05) is 10.6 Å². The maximum atomic E-state index is 13.1. The molecule has 0 radical (unpaired) electrons. The number of ether oxygens (including phenoxy) is 1. The Morgan fingerprint density at radius 2 is 1.83 bits per heavy atom. The summed E-state index contributed by atoms with van der Waals surface area (Å²) < 4.78 is 19.0. The summed E-state index contributed by atoms with van der Waals surface area (Å²) in [5.74, 6) is 0.0325. The number of thioether (sulfide) groups is 1. The van der Waals surface area contributed by atoms with Crippen LogP contribution in [0, 0.1) is 5.82 Å². The molecule has 30 heavy (non-hydrogen) atoms. The van der Waals surface area contributed by atoms with E-state index in [9.17, 15) is 9.18 Å². The molecule has 1 amide bonds. The van der Waals surface area contributed by atoms with Gasteiger partial charge in [0.1, 0.15) is 18.2 Å². The van der Waals surface area contributed by atoms with E-state index < -0.39 is 0 Å². The Hall–Kier alpha value is -3.09. The molecule has 150 valence electrons. The van der Waals surface area contributed by atoms with Crippen molar-refractivity contribution in [3.05, 3.63) is 99.7 Å². The highest BCUT2D eigenvalue weighted by atomic mass is 35.5. The van der Waals surface area contributed by atoms with Crippen LogP contribution in [0.2, 0.25) is 5.02 Å². The molecule has 1 N–H and O–H groups in total. The van der Waals surface area contributed by atoms with Gasteiger partial charge in [-0.05, 0) is 65.9 Å². The minimum absolute atomic E-state index is 0.237. The van der Waals surface area contributed by atoms with E-state index in [0.29, 0.717) is 26.4 Å². The van der Waals surface area contributed by atoms with E-state index in [4.69, 9.17) is 16.3 Å². The monoisotopic (exact) mass is 438 g/mol. The highest BCUT2D eigenvalue weighted by Crippen LogP contribution is 2.32. The fourth-order valence-corrected chi connectivity index (χ4v) is 3.76.